The highest BCUT2D eigenvalue weighted by molar-refractivity contribution is 5.99. The first-order valence-corrected chi connectivity index (χ1v) is 12.3. The molecule has 8 nitrogen and oxygen atoms in total. The SMILES string of the molecule is CNC(=O)[C@@H]1[C@@H]2CCC3(O2)C(C(=O)NC(C)(C)CC(C)(C)C)N([C@@H](CO)CC(C)C)C(=O)[C@H]13. The molecule has 0 aromatic heterocycles. The Morgan fingerprint density at radius 3 is 2.36 bits per heavy atom. The number of hydrogen-bond acceptors (Lipinski definition) is 5. The number of rotatable bonds is 8. The van der Waals surface area contributed by atoms with E-state index < -0.39 is 35.1 Å². The van der Waals surface area contributed by atoms with Crippen LogP contribution >= 0.6 is 0 Å². The van der Waals surface area contributed by atoms with Crippen LogP contribution in [0.2, 0.25) is 0 Å². The monoisotopic (exact) mass is 465 g/mol. The van der Waals surface area contributed by atoms with Gasteiger partial charge < -0.3 is 25.4 Å². The highest BCUT2D eigenvalue weighted by Gasteiger charge is 2.75. The lowest BCUT2D eigenvalue weighted by atomic mass is 9.70. The van der Waals surface area contributed by atoms with Crippen molar-refractivity contribution in [3.63, 3.8) is 0 Å². The Balaban J connectivity index is 2.03. The van der Waals surface area contributed by atoms with E-state index in [9.17, 15) is 19.5 Å². The van der Waals surface area contributed by atoms with Crippen LogP contribution in [0.1, 0.15) is 74.1 Å². The van der Waals surface area contributed by atoms with Gasteiger partial charge in [0.1, 0.15) is 11.6 Å². The third-order valence-corrected chi connectivity index (χ3v) is 7.32. The van der Waals surface area contributed by atoms with Gasteiger partial charge in [0.2, 0.25) is 17.7 Å². The number of carbonyl (C=O) groups is 3. The van der Waals surface area contributed by atoms with Gasteiger partial charge in [-0.3, -0.25) is 14.4 Å². The molecular formula is C25H43N3O5. The molecule has 0 aliphatic carbocycles. The maximum atomic E-state index is 13.9. The molecule has 3 aliphatic heterocycles. The van der Waals surface area contributed by atoms with Crippen molar-refractivity contribution in [3.8, 4) is 0 Å². The van der Waals surface area contributed by atoms with Crippen molar-refractivity contribution in [1.82, 2.24) is 15.5 Å². The number of fused-ring (bicyclic) bond motifs is 1. The average Bonchev–Trinajstić information content (AvgIpc) is 3.30. The van der Waals surface area contributed by atoms with Crippen LogP contribution in [0.4, 0.5) is 0 Å². The van der Waals surface area contributed by atoms with Gasteiger partial charge in [0.15, 0.2) is 0 Å². The van der Waals surface area contributed by atoms with Gasteiger partial charge in [-0.05, 0) is 50.9 Å². The fourth-order valence-corrected chi connectivity index (χ4v) is 6.84. The molecule has 3 saturated heterocycles. The number of nitrogens with zero attached hydrogens (tertiary/aromatic N) is 1. The first-order chi connectivity index (χ1) is 15.2. The molecular weight excluding hydrogens is 422 g/mol. The molecule has 2 bridgehead atoms. The number of aliphatic hydroxyl groups excluding tert-OH is 1. The van der Waals surface area contributed by atoms with E-state index in [0.29, 0.717) is 19.3 Å². The van der Waals surface area contributed by atoms with Crippen LogP contribution in [0, 0.1) is 23.2 Å². The fourth-order valence-electron chi connectivity index (χ4n) is 6.84. The minimum atomic E-state index is -1.04. The van der Waals surface area contributed by atoms with Gasteiger partial charge in [0, 0.05) is 12.6 Å². The summed E-state index contributed by atoms with van der Waals surface area (Å²) in [6.07, 6.45) is 2.14. The Morgan fingerprint density at radius 1 is 1.21 bits per heavy atom. The summed E-state index contributed by atoms with van der Waals surface area (Å²) in [5, 5.41) is 16.1. The molecule has 3 amide bonds. The molecule has 8 heteroatoms. The standard InChI is InChI=1S/C25H43N3O5/c1-14(2)11-15(12-29)28-19(21(31)27-24(6,7)13-23(3,4)5)25-10-9-16(33-25)17(20(30)26-8)18(25)22(28)32/h14-19,29H,9-13H2,1-8H3,(H,26,30)(H,27,31)/t15-,16+,17-,18+,19?,25?/m1/s1. The number of aliphatic hydroxyl groups is 1. The molecule has 3 aliphatic rings. The van der Waals surface area contributed by atoms with E-state index in [-0.39, 0.29) is 41.8 Å². The van der Waals surface area contributed by atoms with Crippen LogP contribution in [-0.4, -0.2) is 70.7 Å². The lowest BCUT2D eigenvalue weighted by molar-refractivity contribution is -0.146. The summed E-state index contributed by atoms with van der Waals surface area (Å²) >= 11 is 0. The van der Waals surface area contributed by atoms with Crippen molar-refractivity contribution in [3.05, 3.63) is 0 Å². The Morgan fingerprint density at radius 2 is 1.85 bits per heavy atom. The highest BCUT2D eigenvalue weighted by Crippen LogP contribution is 2.59. The molecule has 0 aromatic carbocycles. The topological polar surface area (TPSA) is 108 Å². The second kappa shape index (κ2) is 8.84. The zero-order valence-corrected chi connectivity index (χ0v) is 21.5. The molecule has 188 valence electrons. The largest absolute Gasteiger partial charge is 0.394 e. The molecule has 0 radical (unpaired) electrons. The molecule has 0 aromatic rings. The maximum Gasteiger partial charge on any atom is 0.246 e. The van der Waals surface area contributed by atoms with E-state index in [0.717, 1.165) is 6.42 Å². The molecule has 33 heavy (non-hydrogen) atoms. The quantitative estimate of drug-likeness (QED) is 0.507. The molecule has 6 atom stereocenters. The summed E-state index contributed by atoms with van der Waals surface area (Å²) in [7, 11) is 1.56. The molecule has 1 spiro atoms. The number of ether oxygens (including phenoxy) is 1. The first-order valence-electron chi connectivity index (χ1n) is 12.3. The molecule has 3 N–H and O–H groups in total. The molecule has 3 fully saturated rings. The lowest BCUT2D eigenvalue weighted by Gasteiger charge is -2.40. The normalized spacial score (nSPS) is 32.3. The Labute approximate surface area is 198 Å². The van der Waals surface area contributed by atoms with Crippen molar-refractivity contribution < 1.29 is 24.2 Å². The number of amides is 3. The first kappa shape index (κ1) is 25.9. The number of hydrogen-bond donors (Lipinski definition) is 3. The third-order valence-electron chi connectivity index (χ3n) is 7.32. The minimum Gasteiger partial charge on any atom is -0.394 e. The molecule has 3 heterocycles. The van der Waals surface area contributed by atoms with Crippen LogP contribution in [0.5, 0.6) is 0 Å². The van der Waals surface area contributed by atoms with Gasteiger partial charge in [-0.15, -0.1) is 0 Å². The summed E-state index contributed by atoms with van der Waals surface area (Å²) < 4.78 is 6.40. The number of likely N-dealkylation sites (tertiary alicyclic amines) is 1. The van der Waals surface area contributed by atoms with Crippen LogP contribution in [0.3, 0.4) is 0 Å². The van der Waals surface area contributed by atoms with Crippen molar-refractivity contribution >= 4 is 17.7 Å². The summed E-state index contributed by atoms with van der Waals surface area (Å²) in [5.74, 6) is -1.84. The molecule has 2 unspecified atom stereocenters. The van der Waals surface area contributed by atoms with E-state index in [2.05, 4.69) is 31.4 Å². The van der Waals surface area contributed by atoms with Gasteiger partial charge in [0.05, 0.1) is 30.6 Å². The van der Waals surface area contributed by atoms with E-state index in [1.165, 1.54) is 0 Å². The summed E-state index contributed by atoms with van der Waals surface area (Å²) in [6, 6.07) is -1.38. The van der Waals surface area contributed by atoms with Gasteiger partial charge in [0.25, 0.3) is 0 Å². The predicted octanol–water partition coefficient (Wildman–Crippen LogP) is 1.85. The maximum absolute atomic E-state index is 13.9. The number of nitrogens with one attached hydrogen (secondary N) is 2. The summed E-state index contributed by atoms with van der Waals surface area (Å²) in [4.78, 5) is 42.1. The van der Waals surface area contributed by atoms with E-state index >= 15 is 0 Å². The number of carbonyl (C=O) groups excluding carboxylic acids is 3. The minimum absolute atomic E-state index is 0.000677. The average molecular weight is 466 g/mol. The van der Waals surface area contributed by atoms with Crippen LogP contribution in [-0.2, 0) is 19.1 Å². The highest BCUT2D eigenvalue weighted by atomic mass is 16.5. The van der Waals surface area contributed by atoms with Gasteiger partial charge in [-0.1, -0.05) is 34.6 Å². The van der Waals surface area contributed by atoms with Gasteiger partial charge in [-0.25, -0.2) is 0 Å². The summed E-state index contributed by atoms with van der Waals surface area (Å²) in [6.45, 7) is 14.2. The van der Waals surface area contributed by atoms with Gasteiger partial charge >= 0.3 is 0 Å². The van der Waals surface area contributed by atoms with Gasteiger partial charge in [-0.2, -0.15) is 0 Å². The second-order valence-corrected chi connectivity index (χ2v) is 12.5. The molecule has 0 saturated carbocycles. The Kier molecular flexibility index (Phi) is 6.95. The second-order valence-electron chi connectivity index (χ2n) is 12.5. The smallest absolute Gasteiger partial charge is 0.246 e. The fraction of sp³-hybridized carbons (Fsp3) is 0.880. The van der Waals surface area contributed by atoms with Crippen molar-refractivity contribution in [2.45, 2.75) is 103 Å². The van der Waals surface area contributed by atoms with E-state index in [1.807, 2.05) is 27.7 Å². The zero-order valence-electron chi connectivity index (χ0n) is 21.5. The zero-order chi connectivity index (χ0) is 24.9. The Bertz CT molecular complexity index is 789. The van der Waals surface area contributed by atoms with E-state index in [1.54, 1.807) is 11.9 Å². The van der Waals surface area contributed by atoms with Crippen LogP contribution < -0.4 is 10.6 Å². The van der Waals surface area contributed by atoms with Crippen LogP contribution in [0.25, 0.3) is 0 Å². The van der Waals surface area contributed by atoms with Crippen LogP contribution in [0.15, 0.2) is 0 Å². The van der Waals surface area contributed by atoms with Crippen molar-refractivity contribution in [1.29, 1.82) is 0 Å². The van der Waals surface area contributed by atoms with Crippen molar-refractivity contribution in [2.75, 3.05) is 13.7 Å². The van der Waals surface area contributed by atoms with Crippen molar-refractivity contribution in [2.24, 2.45) is 23.2 Å². The van der Waals surface area contributed by atoms with E-state index in [4.69, 9.17) is 4.74 Å². The Hall–Kier alpha value is -1.67. The third kappa shape index (κ3) is 4.65. The molecule has 3 rings (SSSR count). The summed E-state index contributed by atoms with van der Waals surface area (Å²) in [5.41, 5.74) is -1.53. The predicted molar refractivity (Wildman–Crippen MR) is 125 cm³/mol. The lowest BCUT2D eigenvalue weighted by Crippen LogP contribution is -2.61.